The molecule has 1 amide bonds. The maximum Gasteiger partial charge on any atom is 0.225 e. The first-order chi connectivity index (χ1) is 12.5. The Morgan fingerprint density at radius 2 is 1.88 bits per heavy atom. The molecule has 0 aromatic heterocycles. The van der Waals surface area contributed by atoms with Crippen LogP contribution >= 0.6 is 11.6 Å². The van der Waals surface area contributed by atoms with E-state index in [0.29, 0.717) is 27.8 Å². The summed E-state index contributed by atoms with van der Waals surface area (Å²) in [4.78, 5) is 24.3. The summed E-state index contributed by atoms with van der Waals surface area (Å²) in [5.74, 6) is 0.951. The van der Waals surface area contributed by atoms with Crippen LogP contribution < -0.4 is 10.1 Å². The van der Waals surface area contributed by atoms with Crippen LogP contribution in [0.15, 0.2) is 42.5 Å². The fraction of sp³-hybridized carbons (Fsp3) is 0.333. The van der Waals surface area contributed by atoms with E-state index in [-0.39, 0.29) is 24.2 Å². The van der Waals surface area contributed by atoms with Gasteiger partial charge in [0.2, 0.25) is 5.91 Å². The number of hydrogen-bond donors (Lipinski definition) is 1. The van der Waals surface area contributed by atoms with Gasteiger partial charge in [0.25, 0.3) is 0 Å². The zero-order chi connectivity index (χ0) is 18.7. The molecule has 26 heavy (non-hydrogen) atoms. The van der Waals surface area contributed by atoms with Gasteiger partial charge in [0.05, 0.1) is 19.6 Å². The predicted octanol–water partition coefficient (Wildman–Crippen LogP) is 4.36. The minimum Gasteiger partial charge on any atom is -0.496 e. The standard InChI is InChI=1S/C21H22ClNO3/c1-13(24)16-7-10-19(26-2)17(11-16)12-20(25)23-21(14-3-4-14)15-5-8-18(22)9-6-15/h5-11,14,21H,3-4,12H2,1-2H3,(H,23,25). The number of nitrogens with one attached hydrogen (secondary N) is 1. The van der Waals surface area contributed by atoms with E-state index in [0.717, 1.165) is 18.4 Å². The molecule has 5 heteroatoms. The Balaban J connectivity index is 1.76. The molecule has 0 bridgehead atoms. The molecular weight excluding hydrogens is 350 g/mol. The maximum absolute atomic E-state index is 12.7. The number of halogens is 1. The molecule has 0 spiro atoms. The minimum atomic E-state index is -0.0872. The van der Waals surface area contributed by atoms with E-state index in [4.69, 9.17) is 16.3 Å². The zero-order valence-corrected chi connectivity index (χ0v) is 15.7. The van der Waals surface area contributed by atoms with Crippen LogP contribution in [-0.2, 0) is 11.2 Å². The minimum absolute atomic E-state index is 0.0123. The molecule has 3 rings (SSSR count). The monoisotopic (exact) mass is 371 g/mol. The average Bonchev–Trinajstić information content (AvgIpc) is 3.45. The summed E-state index contributed by atoms with van der Waals surface area (Å²) in [5.41, 5.74) is 2.35. The van der Waals surface area contributed by atoms with Crippen LogP contribution in [-0.4, -0.2) is 18.8 Å². The summed E-state index contributed by atoms with van der Waals surface area (Å²) in [6, 6.07) is 12.8. The number of ether oxygens (including phenoxy) is 1. The number of hydrogen-bond acceptors (Lipinski definition) is 3. The van der Waals surface area contributed by atoms with Crippen molar-refractivity contribution in [2.75, 3.05) is 7.11 Å². The molecule has 2 aromatic rings. The Morgan fingerprint density at radius 1 is 1.19 bits per heavy atom. The van der Waals surface area contributed by atoms with Gasteiger partial charge in [0.1, 0.15) is 5.75 Å². The fourth-order valence-corrected chi connectivity index (χ4v) is 3.23. The van der Waals surface area contributed by atoms with Gasteiger partial charge >= 0.3 is 0 Å². The highest BCUT2D eigenvalue weighted by molar-refractivity contribution is 6.30. The molecule has 0 saturated heterocycles. The van der Waals surface area contributed by atoms with Crippen LogP contribution in [0.5, 0.6) is 5.75 Å². The number of rotatable bonds is 7. The van der Waals surface area contributed by atoms with Crippen molar-refractivity contribution >= 4 is 23.3 Å². The Bertz CT molecular complexity index is 813. The highest BCUT2D eigenvalue weighted by Gasteiger charge is 2.33. The lowest BCUT2D eigenvalue weighted by molar-refractivity contribution is -0.121. The van der Waals surface area contributed by atoms with Crippen molar-refractivity contribution in [2.45, 2.75) is 32.2 Å². The number of carbonyl (C=O) groups excluding carboxylic acids is 2. The van der Waals surface area contributed by atoms with E-state index >= 15 is 0 Å². The van der Waals surface area contributed by atoms with Gasteiger partial charge in [-0.3, -0.25) is 9.59 Å². The molecule has 136 valence electrons. The topological polar surface area (TPSA) is 55.4 Å². The number of ketones is 1. The molecule has 0 radical (unpaired) electrons. The lowest BCUT2D eigenvalue weighted by Gasteiger charge is -2.19. The van der Waals surface area contributed by atoms with Gasteiger partial charge in [-0.15, -0.1) is 0 Å². The number of amides is 1. The third-order valence-corrected chi connectivity index (χ3v) is 4.93. The molecule has 0 heterocycles. The van der Waals surface area contributed by atoms with Gasteiger partial charge in [-0.25, -0.2) is 0 Å². The molecule has 1 N–H and O–H groups in total. The van der Waals surface area contributed by atoms with Crippen LogP contribution in [0.2, 0.25) is 5.02 Å². The summed E-state index contributed by atoms with van der Waals surface area (Å²) in [7, 11) is 1.56. The highest BCUT2D eigenvalue weighted by Crippen LogP contribution is 2.41. The molecule has 1 aliphatic carbocycles. The van der Waals surface area contributed by atoms with Gasteiger partial charge in [-0.1, -0.05) is 23.7 Å². The van der Waals surface area contributed by atoms with Gasteiger partial charge in [0.15, 0.2) is 5.78 Å². The van der Waals surface area contributed by atoms with Crippen molar-refractivity contribution in [3.63, 3.8) is 0 Å². The summed E-state index contributed by atoms with van der Waals surface area (Å²) in [6.45, 7) is 1.51. The Kier molecular flexibility index (Phi) is 5.62. The SMILES string of the molecule is COc1ccc(C(C)=O)cc1CC(=O)NC(c1ccc(Cl)cc1)C1CC1. The summed E-state index contributed by atoms with van der Waals surface area (Å²) in [6.07, 6.45) is 2.38. The number of Topliss-reactive ketones (excluding diaryl/α,β-unsaturated/α-hetero) is 1. The summed E-state index contributed by atoms with van der Waals surface area (Å²) in [5, 5.41) is 3.82. The normalized spacial score (nSPS) is 14.6. The van der Waals surface area contributed by atoms with Gasteiger partial charge in [0, 0.05) is 16.1 Å². The molecule has 2 aromatic carbocycles. The average molecular weight is 372 g/mol. The van der Waals surface area contributed by atoms with E-state index in [1.165, 1.54) is 6.92 Å². The van der Waals surface area contributed by atoms with Crippen LogP contribution in [0.3, 0.4) is 0 Å². The van der Waals surface area contributed by atoms with Crippen molar-refractivity contribution in [1.82, 2.24) is 5.32 Å². The number of methoxy groups -OCH3 is 1. The second kappa shape index (κ2) is 7.92. The molecule has 1 unspecified atom stereocenters. The van der Waals surface area contributed by atoms with E-state index < -0.39 is 0 Å². The van der Waals surface area contributed by atoms with Crippen LogP contribution in [0, 0.1) is 5.92 Å². The quantitative estimate of drug-likeness (QED) is 0.735. The van der Waals surface area contributed by atoms with Crippen molar-refractivity contribution in [1.29, 1.82) is 0 Å². The molecule has 1 aliphatic rings. The second-order valence-corrected chi connectivity index (χ2v) is 7.13. The molecule has 4 nitrogen and oxygen atoms in total. The van der Waals surface area contributed by atoms with Crippen molar-refractivity contribution in [2.24, 2.45) is 5.92 Å². The molecule has 1 fully saturated rings. The Morgan fingerprint density at radius 3 is 2.46 bits per heavy atom. The highest BCUT2D eigenvalue weighted by atomic mass is 35.5. The molecular formula is C21H22ClNO3. The lowest BCUT2D eigenvalue weighted by atomic mass is 10.0. The molecule has 1 saturated carbocycles. The van der Waals surface area contributed by atoms with Crippen LogP contribution in [0.25, 0.3) is 0 Å². The van der Waals surface area contributed by atoms with Crippen LogP contribution in [0.1, 0.15) is 47.3 Å². The molecule has 0 aliphatic heterocycles. The first-order valence-electron chi connectivity index (χ1n) is 8.70. The third kappa shape index (κ3) is 4.44. The predicted molar refractivity (Wildman–Crippen MR) is 102 cm³/mol. The van der Waals surface area contributed by atoms with Gasteiger partial charge in [-0.2, -0.15) is 0 Å². The van der Waals surface area contributed by atoms with Crippen LogP contribution in [0.4, 0.5) is 0 Å². The van der Waals surface area contributed by atoms with Crippen molar-refractivity contribution in [3.05, 3.63) is 64.2 Å². The third-order valence-electron chi connectivity index (χ3n) is 4.68. The molecule has 1 atom stereocenters. The van der Waals surface area contributed by atoms with E-state index in [1.807, 2.05) is 24.3 Å². The number of benzene rings is 2. The second-order valence-electron chi connectivity index (χ2n) is 6.69. The zero-order valence-electron chi connectivity index (χ0n) is 14.9. The van der Waals surface area contributed by atoms with Crippen molar-refractivity contribution in [3.8, 4) is 5.75 Å². The van der Waals surface area contributed by atoms with Crippen molar-refractivity contribution < 1.29 is 14.3 Å². The van der Waals surface area contributed by atoms with E-state index in [2.05, 4.69) is 5.32 Å². The smallest absolute Gasteiger partial charge is 0.225 e. The summed E-state index contributed by atoms with van der Waals surface area (Å²) >= 11 is 5.97. The van der Waals surface area contributed by atoms with Gasteiger partial charge in [-0.05, 0) is 61.6 Å². The van der Waals surface area contributed by atoms with Gasteiger partial charge < -0.3 is 10.1 Å². The van der Waals surface area contributed by atoms with E-state index in [1.54, 1.807) is 25.3 Å². The fourth-order valence-electron chi connectivity index (χ4n) is 3.11. The largest absolute Gasteiger partial charge is 0.496 e. The number of carbonyl (C=O) groups is 2. The maximum atomic E-state index is 12.7. The first-order valence-corrected chi connectivity index (χ1v) is 9.08. The summed E-state index contributed by atoms with van der Waals surface area (Å²) < 4.78 is 5.34. The Labute approximate surface area is 158 Å². The lowest BCUT2D eigenvalue weighted by Crippen LogP contribution is -2.31. The first kappa shape index (κ1) is 18.5. The van der Waals surface area contributed by atoms with E-state index in [9.17, 15) is 9.59 Å². The Hall–Kier alpha value is -2.33.